The largest absolute Gasteiger partial charge is 0.321 e. The fourth-order valence-electron chi connectivity index (χ4n) is 1.73. The summed E-state index contributed by atoms with van der Waals surface area (Å²) < 4.78 is 1.87. The molecular weight excluding hydrogens is 254 g/mol. The quantitative estimate of drug-likeness (QED) is 0.931. The van der Waals surface area contributed by atoms with Crippen LogP contribution in [0.4, 0.5) is 10.5 Å². The third-order valence-electron chi connectivity index (χ3n) is 3.21. The molecule has 0 fully saturated rings. The Morgan fingerprint density at radius 2 is 1.90 bits per heavy atom. The molecule has 106 valence electrons. The molecule has 20 heavy (non-hydrogen) atoms. The van der Waals surface area contributed by atoms with Crippen molar-refractivity contribution in [2.45, 2.75) is 20.4 Å². The smallest absolute Gasteiger partial charge is 0.320 e. The highest BCUT2D eigenvalue weighted by Gasteiger charge is 2.13. The first-order valence-electron chi connectivity index (χ1n) is 6.41. The number of aryl methyl sites for hydroxylation is 2. The molecular formula is C14H19N5O. The van der Waals surface area contributed by atoms with Crippen molar-refractivity contribution in [2.24, 2.45) is 7.05 Å². The van der Waals surface area contributed by atoms with Crippen LogP contribution in [-0.4, -0.2) is 32.7 Å². The lowest BCUT2D eigenvalue weighted by Gasteiger charge is -2.17. The molecule has 6 heteroatoms. The van der Waals surface area contributed by atoms with E-state index >= 15 is 0 Å². The molecule has 0 aliphatic carbocycles. The van der Waals surface area contributed by atoms with Gasteiger partial charge >= 0.3 is 6.03 Å². The highest BCUT2D eigenvalue weighted by Crippen LogP contribution is 2.10. The maximum absolute atomic E-state index is 12.1. The molecule has 0 radical (unpaired) electrons. The van der Waals surface area contributed by atoms with E-state index in [0.29, 0.717) is 6.54 Å². The van der Waals surface area contributed by atoms with Crippen LogP contribution in [-0.2, 0) is 13.6 Å². The number of benzene rings is 1. The first kappa shape index (κ1) is 14.0. The van der Waals surface area contributed by atoms with Gasteiger partial charge in [0.15, 0.2) is 5.82 Å². The third kappa shape index (κ3) is 3.14. The molecule has 0 aliphatic rings. The van der Waals surface area contributed by atoms with Gasteiger partial charge in [-0.3, -0.25) is 0 Å². The Bertz CT molecular complexity index is 603. The molecule has 0 saturated heterocycles. The van der Waals surface area contributed by atoms with E-state index in [1.165, 1.54) is 0 Å². The molecule has 2 rings (SSSR count). The molecule has 6 nitrogen and oxygen atoms in total. The van der Waals surface area contributed by atoms with Crippen molar-refractivity contribution in [3.8, 4) is 0 Å². The number of nitrogens with zero attached hydrogens (tertiary/aromatic N) is 4. The lowest BCUT2D eigenvalue weighted by atomic mass is 10.2. The van der Waals surface area contributed by atoms with Crippen LogP contribution in [0.15, 0.2) is 24.3 Å². The fourth-order valence-corrected chi connectivity index (χ4v) is 1.73. The van der Waals surface area contributed by atoms with Gasteiger partial charge in [-0.15, -0.1) is 10.2 Å². The molecule has 0 unspecified atom stereocenters. The number of carbonyl (C=O) groups excluding carboxylic acids is 1. The SMILES string of the molecule is Cc1ccc(NC(=O)N(C)Cc2nnc(C)n2C)cc1. The van der Waals surface area contributed by atoms with Gasteiger partial charge in [-0.2, -0.15) is 0 Å². The fraction of sp³-hybridized carbons (Fsp3) is 0.357. The van der Waals surface area contributed by atoms with E-state index in [-0.39, 0.29) is 6.03 Å². The van der Waals surface area contributed by atoms with Crippen molar-refractivity contribution in [1.82, 2.24) is 19.7 Å². The Balaban J connectivity index is 1.98. The zero-order chi connectivity index (χ0) is 14.7. The Hall–Kier alpha value is -2.37. The van der Waals surface area contributed by atoms with Crippen LogP contribution in [0.2, 0.25) is 0 Å². The number of nitrogens with one attached hydrogen (secondary N) is 1. The maximum atomic E-state index is 12.1. The van der Waals surface area contributed by atoms with Gasteiger partial charge in [0, 0.05) is 19.8 Å². The van der Waals surface area contributed by atoms with Crippen LogP contribution in [0.5, 0.6) is 0 Å². The molecule has 0 atom stereocenters. The van der Waals surface area contributed by atoms with Crippen molar-refractivity contribution in [1.29, 1.82) is 0 Å². The molecule has 0 spiro atoms. The van der Waals surface area contributed by atoms with Gasteiger partial charge in [0.05, 0.1) is 6.54 Å². The van der Waals surface area contributed by atoms with E-state index in [2.05, 4.69) is 15.5 Å². The van der Waals surface area contributed by atoms with E-state index in [9.17, 15) is 4.79 Å². The van der Waals surface area contributed by atoms with Crippen molar-refractivity contribution in [2.75, 3.05) is 12.4 Å². The van der Waals surface area contributed by atoms with Crippen LogP contribution in [0.25, 0.3) is 0 Å². The van der Waals surface area contributed by atoms with Gasteiger partial charge in [0.2, 0.25) is 0 Å². The predicted octanol–water partition coefficient (Wildman–Crippen LogP) is 2.10. The van der Waals surface area contributed by atoms with Crippen molar-refractivity contribution >= 4 is 11.7 Å². The minimum atomic E-state index is -0.172. The Labute approximate surface area is 118 Å². The van der Waals surface area contributed by atoms with Crippen LogP contribution in [0.3, 0.4) is 0 Å². The number of hydrogen-bond donors (Lipinski definition) is 1. The summed E-state index contributed by atoms with van der Waals surface area (Å²) in [5, 5.41) is 10.9. The molecule has 1 aromatic carbocycles. The first-order chi connectivity index (χ1) is 9.47. The summed E-state index contributed by atoms with van der Waals surface area (Å²) in [5.41, 5.74) is 1.94. The minimum absolute atomic E-state index is 0.172. The van der Waals surface area contributed by atoms with Gasteiger partial charge in [-0.1, -0.05) is 17.7 Å². The number of hydrogen-bond acceptors (Lipinski definition) is 3. The molecule has 2 aromatic rings. The van der Waals surface area contributed by atoms with Crippen LogP contribution < -0.4 is 5.32 Å². The second-order valence-electron chi connectivity index (χ2n) is 4.87. The van der Waals surface area contributed by atoms with Gasteiger partial charge in [0.1, 0.15) is 5.82 Å². The first-order valence-corrected chi connectivity index (χ1v) is 6.41. The van der Waals surface area contributed by atoms with Crippen molar-refractivity contribution in [3.05, 3.63) is 41.5 Å². The van der Waals surface area contributed by atoms with Crippen molar-refractivity contribution < 1.29 is 4.79 Å². The normalized spacial score (nSPS) is 10.4. The molecule has 0 bridgehead atoms. The lowest BCUT2D eigenvalue weighted by molar-refractivity contribution is 0.219. The summed E-state index contributed by atoms with van der Waals surface area (Å²) in [5.74, 6) is 1.58. The van der Waals surface area contributed by atoms with Gasteiger partial charge < -0.3 is 14.8 Å². The molecule has 1 aromatic heterocycles. The Kier molecular flexibility index (Phi) is 4.02. The zero-order valence-electron chi connectivity index (χ0n) is 12.2. The highest BCUT2D eigenvalue weighted by molar-refractivity contribution is 5.89. The molecule has 1 heterocycles. The molecule has 1 N–H and O–H groups in total. The van der Waals surface area contributed by atoms with Crippen LogP contribution in [0.1, 0.15) is 17.2 Å². The van der Waals surface area contributed by atoms with Crippen LogP contribution in [0, 0.1) is 13.8 Å². The van der Waals surface area contributed by atoms with Gasteiger partial charge in [0.25, 0.3) is 0 Å². The summed E-state index contributed by atoms with van der Waals surface area (Å²) >= 11 is 0. The standard InChI is InChI=1S/C14H19N5O/c1-10-5-7-12(8-6-10)15-14(20)18(3)9-13-17-16-11(2)19(13)4/h5-8H,9H2,1-4H3,(H,15,20). The van der Waals surface area contributed by atoms with E-state index in [0.717, 1.165) is 22.9 Å². The summed E-state index contributed by atoms with van der Waals surface area (Å²) in [6, 6.07) is 7.51. The van der Waals surface area contributed by atoms with E-state index < -0.39 is 0 Å². The summed E-state index contributed by atoms with van der Waals surface area (Å²) in [6.07, 6.45) is 0. The maximum Gasteiger partial charge on any atom is 0.321 e. The van der Waals surface area contributed by atoms with Gasteiger partial charge in [-0.05, 0) is 26.0 Å². The minimum Gasteiger partial charge on any atom is -0.320 e. The Morgan fingerprint density at radius 3 is 2.45 bits per heavy atom. The van der Waals surface area contributed by atoms with E-state index in [1.807, 2.05) is 49.7 Å². The number of carbonyl (C=O) groups is 1. The highest BCUT2D eigenvalue weighted by atomic mass is 16.2. The van der Waals surface area contributed by atoms with Gasteiger partial charge in [-0.25, -0.2) is 4.79 Å². The van der Waals surface area contributed by atoms with Crippen LogP contribution >= 0.6 is 0 Å². The second kappa shape index (κ2) is 5.73. The van der Waals surface area contributed by atoms with Crippen molar-refractivity contribution in [3.63, 3.8) is 0 Å². The summed E-state index contributed by atoms with van der Waals surface area (Å²) in [4.78, 5) is 13.6. The summed E-state index contributed by atoms with van der Waals surface area (Å²) in [7, 11) is 3.62. The number of rotatable bonds is 3. The average molecular weight is 273 g/mol. The van der Waals surface area contributed by atoms with E-state index in [1.54, 1.807) is 11.9 Å². The summed E-state index contributed by atoms with van der Waals surface area (Å²) in [6.45, 7) is 4.30. The number of anilines is 1. The zero-order valence-corrected chi connectivity index (χ0v) is 12.2. The molecule has 2 amide bonds. The second-order valence-corrected chi connectivity index (χ2v) is 4.87. The predicted molar refractivity (Wildman–Crippen MR) is 77.4 cm³/mol. The number of urea groups is 1. The average Bonchev–Trinajstić information content (AvgIpc) is 2.73. The number of amides is 2. The number of aromatic nitrogens is 3. The molecule has 0 aliphatic heterocycles. The monoisotopic (exact) mass is 273 g/mol. The lowest BCUT2D eigenvalue weighted by Crippen LogP contribution is -2.31. The van der Waals surface area contributed by atoms with E-state index in [4.69, 9.17) is 0 Å². The topological polar surface area (TPSA) is 63.1 Å². The third-order valence-corrected chi connectivity index (χ3v) is 3.21. The Morgan fingerprint density at radius 1 is 1.25 bits per heavy atom. The molecule has 0 saturated carbocycles.